The molecule has 0 unspecified atom stereocenters. The van der Waals surface area contributed by atoms with Gasteiger partial charge in [0.15, 0.2) is 0 Å². The number of rotatable bonds is 0. The molecule has 18 heavy (non-hydrogen) atoms. The molecule has 3 nitrogen and oxygen atoms in total. The van der Waals surface area contributed by atoms with Gasteiger partial charge in [-0.1, -0.05) is 13.8 Å². The normalized spacial score (nSPS) is 60.7. The number of epoxide rings is 3. The molecule has 0 bridgehead atoms. The SMILES string of the molecule is CC1(C)C[C@@H]2O[C@@]2(C)CC[C@H]2O[C@]2(C)C[C@@H]2O[C@@H]21. The summed E-state index contributed by atoms with van der Waals surface area (Å²) >= 11 is 0. The first-order valence-corrected chi connectivity index (χ1v) is 7.34. The summed E-state index contributed by atoms with van der Waals surface area (Å²) in [6.45, 7) is 9.15. The molecule has 4 aliphatic rings. The van der Waals surface area contributed by atoms with Gasteiger partial charge in [0.05, 0.1) is 35.6 Å². The molecule has 3 aliphatic heterocycles. The molecule has 6 atom stereocenters. The fraction of sp³-hybridized carbons (Fsp3) is 1.00. The van der Waals surface area contributed by atoms with E-state index in [9.17, 15) is 0 Å². The Morgan fingerprint density at radius 2 is 1.61 bits per heavy atom. The molecule has 102 valence electrons. The monoisotopic (exact) mass is 252 g/mol. The van der Waals surface area contributed by atoms with Crippen molar-refractivity contribution >= 4 is 0 Å². The van der Waals surface area contributed by atoms with Crippen LogP contribution in [0, 0.1) is 5.41 Å². The molecule has 4 fully saturated rings. The third-order valence-corrected chi connectivity index (χ3v) is 5.64. The summed E-state index contributed by atoms with van der Waals surface area (Å²) in [7, 11) is 0. The van der Waals surface area contributed by atoms with E-state index in [2.05, 4.69) is 27.7 Å². The molecular formula is C15H24O3. The first-order chi connectivity index (χ1) is 8.32. The second-order valence-electron chi connectivity index (χ2n) is 7.87. The van der Waals surface area contributed by atoms with Crippen LogP contribution in [0.5, 0.6) is 0 Å². The lowest BCUT2D eigenvalue weighted by Crippen LogP contribution is -2.26. The highest BCUT2D eigenvalue weighted by Crippen LogP contribution is 2.56. The van der Waals surface area contributed by atoms with Gasteiger partial charge >= 0.3 is 0 Å². The lowest BCUT2D eigenvalue weighted by atomic mass is 9.80. The van der Waals surface area contributed by atoms with Gasteiger partial charge in [0.25, 0.3) is 0 Å². The average molecular weight is 252 g/mol. The summed E-state index contributed by atoms with van der Waals surface area (Å²) in [4.78, 5) is 0. The second kappa shape index (κ2) is 3.13. The molecule has 0 aromatic heterocycles. The van der Waals surface area contributed by atoms with Crippen molar-refractivity contribution in [2.45, 2.75) is 89.0 Å². The summed E-state index contributed by atoms with van der Waals surface area (Å²) in [5.41, 5.74) is 0.428. The van der Waals surface area contributed by atoms with Gasteiger partial charge in [-0.3, -0.25) is 0 Å². The van der Waals surface area contributed by atoms with Crippen molar-refractivity contribution in [3.8, 4) is 0 Å². The minimum absolute atomic E-state index is 0.0839. The lowest BCUT2D eigenvalue weighted by molar-refractivity contribution is 0.200. The molecule has 0 aromatic rings. The molecule has 3 heterocycles. The smallest absolute Gasteiger partial charge is 0.0946 e. The van der Waals surface area contributed by atoms with Crippen molar-refractivity contribution in [2.24, 2.45) is 5.41 Å². The van der Waals surface area contributed by atoms with E-state index in [4.69, 9.17) is 14.2 Å². The molecule has 0 spiro atoms. The van der Waals surface area contributed by atoms with Crippen molar-refractivity contribution in [1.29, 1.82) is 0 Å². The topological polar surface area (TPSA) is 37.6 Å². The Labute approximate surface area is 109 Å². The summed E-state index contributed by atoms with van der Waals surface area (Å²) in [5, 5.41) is 0. The Morgan fingerprint density at radius 3 is 2.39 bits per heavy atom. The molecule has 0 radical (unpaired) electrons. The number of fused-ring (bicyclic) bond motifs is 3. The van der Waals surface area contributed by atoms with Crippen LogP contribution in [0.25, 0.3) is 0 Å². The van der Waals surface area contributed by atoms with Crippen LogP contribution in [0.4, 0.5) is 0 Å². The van der Waals surface area contributed by atoms with Gasteiger partial charge in [0.2, 0.25) is 0 Å². The van der Waals surface area contributed by atoms with Crippen molar-refractivity contribution in [2.75, 3.05) is 0 Å². The van der Waals surface area contributed by atoms with E-state index in [-0.39, 0.29) is 16.6 Å². The van der Waals surface area contributed by atoms with Crippen LogP contribution in [-0.2, 0) is 14.2 Å². The average Bonchev–Trinajstić information content (AvgIpc) is 3.14. The van der Waals surface area contributed by atoms with Crippen molar-refractivity contribution in [1.82, 2.24) is 0 Å². The highest BCUT2D eigenvalue weighted by Gasteiger charge is 2.64. The number of hydrogen-bond donors (Lipinski definition) is 0. The molecule has 3 heteroatoms. The highest BCUT2D eigenvalue weighted by molar-refractivity contribution is 5.12. The first kappa shape index (κ1) is 11.7. The van der Waals surface area contributed by atoms with Crippen molar-refractivity contribution in [3.63, 3.8) is 0 Å². The van der Waals surface area contributed by atoms with Crippen LogP contribution in [-0.4, -0.2) is 35.6 Å². The Morgan fingerprint density at radius 1 is 0.889 bits per heavy atom. The Hall–Kier alpha value is -0.120. The van der Waals surface area contributed by atoms with E-state index in [0.717, 1.165) is 25.7 Å². The van der Waals surface area contributed by atoms with Crippen LogP contribution in [0.15, 0.2) is 0 Å². The van der Waals surface area contributed by atoms with Gasteiger partial charge in [-0.05, 0) is 38.5 Å². The van der Waals surface area contributed by atoms with E-state index in [1.54, 1.807) is 0 Å². The predicted molar refractivity (Wildman–Crippen MR) is 67.5 cm³/mol. The maximum Gasteiger partial charge on any atom is 0.0946 e. The molecule has 0 amide bonds. The molecule has 3 saturated heterocycles. The van der Waals surface area contributed by atoms with Gasteiger partial charge in [0, 0.05) is 6.42 Å². The zero-order valence-corrected chi connectivity index (χ0v) is 11.9. The highest BCUT2D eigenvalue weighted by atomic mass is 16.6. The van der Waals surface area contributed by atoms with E-state index < -0.39 is 0 Å². The zero-order chi connectivity index (χ0) is 12.8. The number of hydrogen-bond acceptors (Lipinski definition) is 3. The van der Waals surface area contributed by atoms with Crippen LogP contribution in [0.3, 0.4) is 0 Å². The number of ether oxygens (including phenoxy) is 3. The van der Waals surface area contributed by atoms with E-state index in [0.29, 0.717) is 24.4 Å². The van der Waals surface area contributed by atoms with Gasteiger partial charge in [0.1, 0.15) is 0 Å². The Kier molecular flexibility index (Phi) is 2.03. The summed E-state index contributed by atoms with van der Waals surface area (Å²) < 4.78 is 17.8. The Bertz CT molecular complexity index is 393. The molecule has 1 saturated carbocycles. The molecule has 0 aromatic carbocycles. The van der Waals surface area contributed by atoms with Gasteiger partial charge in [-0.25, -0.2) is 0 Å². The van der Waals surface area contributed by atoms with Crippen molar-refractivity contribution in [3.05, 3.63) is 0 Å². The fourth-order valence-corrected chi connectivity index (χ4v) is 4.00. The van der Waals surface area contributed by atoms with Gasteiger partial charge in [-0.15, -0.1) is 0 Å². The maximum absolute atomic E-state index is 5.97. The molecule has 4 rings (SSSR count). The predicted octanol–water partition coefficient (Wildman–Crippen LogP) is 2.67. The Balaban J connectivity index is 1.56. The van der Waals surface area contributed by atoms with E-state index >= 15 is 0 Å². The quantitative estimate of drug-likeness (QED) is 0.622. The van der Waals surface area contributed by atoms with Gasteiger partial charge in [-0.2, -0.15) is 0 Å². The molecule has 1 aliphatic carbocycles. The summed E-state index contributed by atoms with van der Waals surface area (Å²) in [6, 6.07) is 0. The van der Waals surface area contributed by atoms with Crippen LogP contribution in [0.1, 0.15) is 53.4 Å². The third kappa shape index (κ3) is 1.67. The summed E-state index contributed by atoms with van der Waals surface area (Å²) in [5.74, 6) is 0. The van der Waals surface area contributed by atoms with Crippen LogP contribution >= 0.6 is 0 Å². The first-order valence-electron chi connectivity index (χ1n) is 7.34. The van der Waals surface area contributed by atoms with Gasteiger partial charge < -0.3 is 14.2 Å². The summed E-state index contributed by atoms with van der Waals surface area (Å²) in [6.07, 6.45) is 6.18. The lowest BCUT2D eigenvalue weighted by Gasteiger charge is -2.22. The van der Waals surface area contributed by atoms with Crippen molar-refractivity contribution < 1.29 is 14.2 Å². The minimum Gasteiger partial charge on any atom is -0.369 e. The van der Waals surface area contributed by atoms with Crippen LogP contribution in [0.2, 0.25) is 0 Å². The standard InChI is InChI=1S/C15H24O3/c1-13(2)8-11-14(3,18-11)6-5-10-15(4,17-10)7-9-12(13)16-9/h9-12H,5-8H2,1-4H3/t9-,10+,11-,12-,14-,15+/m0/s1. The third-order valence-electron chi connectivity index (χ3n) is 5.64. The maximum atomic E-state index is 5.97. The van der Waals surface area contributed by atoms with E-state index in [1.165, 1.54) is 0 Å². The van der Waals surface area contributed by atoms with E-state index in [1.807, 2.05) is 0 Å². The molecular weight excluding hydrogens is 228 g/mol. The van der Waals surface area contributed by atoms with Crippen LogP contribution < -0.4 is 0 Å². The molecule has 0 N–H and O–H groups in total. The zero-order valence-electron chi connectivity index (χ0n) is 11.9. The minimum atomic E-state index is 0.0839. The second-order valence-corrected chi connectivity index (χ2v) is 7.87. The largest absolute Gasteiger partial charge is 0.369 e. The fourth-order valence-electron chi connectivity index (χ4n) is 4.00.